The molecule has 0 bridgehead atoms. The lowest BCUT2D eigenvalue weighted by Crippen LogP contribution is -2.11. The lowest BCUT2D eigenvalue weighted by molar-refractivity contribution is 0.789. The van der Waals surface area contributed by atoms with Crippen LogP contribution in [0.15, 0.2) is 17.0 Å². The maximum absolute atomic E-state index is 5.77. The van der Waals surface area contributed by atoms with Crippen molar-refractivity contribution >= 4 is 27.4 Å². The molecule has 2 rings (SSSR count). The second-order valence-corrected chi connectivity index (χ2v) is 4.53. The predicted molar refractivity (Wildman–Crippen MR) is 69.5 cm³/mol. The second kappa shape index (κ2) is 4.70. The molecule has 2 aromatic heterocycles. The van der Waals surface area contributed by atoms with Crippen LogP contribution in [0.3, 0.4) is 0 Å². The zero-order valence-electron chi connectivity index (χ0n) is 9.53. The number of halogens is 1. The fourth-order valence-corrected chi connectivity index (χ4v) is 1.84. The smallest absolute Gasteiger partial charge is 0.146 e. The topological polar surface area (TPSA) is 92.5 Å². The molecule has 90 valence electrons. The van der Waals surface area contributed by atoms with Gasteiger partial charge in [0.25, 0.3) is 0 Å². The molecule has 17 heavy (non-hydrogen) atoms. The third-order valence-electron chi connectivity index (χ3n) is 2.50. The molecule has 2 heterocycles. The average Bonchev–Trinajstić information content (AvgIpc) is 2.83. The molecular formula is C10H13BrN6. The minimum atomic E-state index is -0.00988. The zero-order chi connectivity index (χ0) is 12.4. The van der Waals surface area contributed by atoms with Crippen LogP contribution in [0.1, 0.15) is 24.4 Å². The number of hydrogen-bond donors (Lipinski definition) is 3. The van der Waals surface area contributed by atoms with E-state index in [4.69, 9.17) is 5.73 Å². The number of anilines is 2. The van der Waals surface area contributed by atoms with Crippen LogP contribution in [0.4, 0.5) is 11.5 Å². The van der Waals surface area contributed by atoms with Crippen molar-refractivity contribution in [2.45, 2.75) is 19.9 Å². The summed E-state index contributed by atoms with van der Waals surface area (Å²) in [6.45, 7) is 3.91. The van der Waals surface area contributed by atoms with E-state index in [1.54, 1.807) is 6.20 Å². The first-order valence-electron chi connectivity index (χ1n) is 5.12. The molecule has 0 aliphatic rings. The molecule has 7 heteroatoms. The number of nitrogens with zero attached hydrogens (tertiary/aromatic N) is 3. The van der Waals surface area contributed by atoms with Crippen molar-refractivity contribution in [1.29, 1.82) is 0 Å². The zero-order valence-corrected chi connectivity index (χ0v) is 11.1. The van der Waals surface area contributed by atoms with Crippen molar-refractivity contribution in [3.63, 3.8) is 0 Å². The number of hydrogen-bond acceptors (Lipinski definition) is 5. The van der Waals surface area contributed by atoms with Crippen molar-refractivity contribution in [3.8, 4) is 0 Å². The Morgan fingerprint density at radius 3 is 2.88 bits per heavy atom. The molecule has 0 aliphatic carbocycles. The Morgan fingerprint density at radius 2 is 2.24 bits per heavy atom. The summed E-state index contributed by atoms with van der Waals surface area (Å²) in [5.41, 5.74) is 7.39. The molecule has 0 aliphatic heterocycles. The van der Waals surface area contributed by atoms with Gasteiger partial charge in [-0.3, -0.25) is 5.10 Å². The second-order valence-electron chi connectivity index (χ2n) is 3.74. The van der Waals surface area contributed by atoms with E-state index in [1.165, 1.54) is 6.33 Å². The number of nitrogen functional groups attached to an aromatic ring is 1. The maximum Gasteiger partial charge on any atom is 0.146 e. The Labute approximate surface area is 107 Å². The summed E-state index contributed by atoms with van der Waals surface area (Å²) in [5, 5.41) is 9.86. The van der Waals surface area contributed by atoms with Crippen molar-refractivity contribution in [2.24, 2.45) is 0 Å². The summed E-state index contributed by atoms with van der Waals surface area (Å²) in [6.07, 6.45) is 3.11. The lowest BCUT2D eigenvalue weighted by Gasteiger charge is -2.14. The number of aromatic nitrogens is 4. The molecule has 0 amide bonds. The van der Waals surface area contributed by atoms with Crippen molar-refractivity contribution < 1.29 is 0 Å². The monoisotopic (exact) mass is 296 g/mol. The molecule has 0 aromatic carbocycles. The summed E-state index contributed by atoms with van der Waals surface area (Å²) in [5.74, 6) is 1.49. The van der Waals surface area contributed by atoms with Gasteiger partial charge in [0, 0.05) is 0 Å². The van der Waals surface area contributed by atoms with E-state index in [1.807, 2.05) is 13.8 Å². The van der Waals surface area contributed by atoms with E-state index in [0.717, 1.165) is 21.7 Å². The molecule has 0 saturated heterocycles. The molecular weight excluding hydrogens is 284 g/mol. The molecule has 0 spiro atoms. The SMILES string of the molecule is Cc1c(N)cnc(NC(C)c2ncn[nH]2)c1Br. The summed E-state index contributed by atoms with van der Waals surface area (Å²) in [6, 6.07) is -0.00988. The standard InChI is InChI=1S/C10H13BrN6/c1-5-7(12)3-13-10(8(5)11)16-6(2)9-14-4-15-17-9/h3-4,6H,12H2,1-2H3,(H,13,16)(H,14,15,17). The van der Waals surface area contributed by atoms with Crippen molar-refractivity contribution in [2.75, 3.05) is 11.1 Å². The van der Waals surface area contributed by atoms with Gasteiger partial charge in [0.2, 0.25) is 0 Å². The van der Waals surface area contributed by atoms with Gasteiger partial charge in [0.1, 0.15) is 18.0 Å². The van der Waals surface area contributed by atoms with E-state index in [9.17, 15) is 0 Å². The molecule has 0 fully saturated rings. The highest BCUT2D eigenvalue weighted by Gasteiger charge is 2.13. The molecule has 4 N–H and O–H groups in total. The summed E-state index contributed by atoms with van der Waals surface area (Å²) >= 11 is 3.47. The summed E-state index contributed by atoms with van der Waals surface area (Å²) in [4.78, 5) is 8.33. The van der Waals surface area contributed by atoms with Crippen LogP contribution in [0.5, 0.6) is 0 Å². The van der Waals surface area contributed by atoms with Gasteiger partial charge in [0.15, 0.2) is 0 Å². The van der Waals surface area contributed by atoms with E-state index in [0.29, 0.717) is 5.69 Å². The Balaban J connectivity index is 2.22. The van der Waals surface area contributed by atoms with Gasteiger partial charge >= 0.3 is 0 Å². The highest BCUT2D eigenvalue weighted by molar-refractivity contribution is 9.10. The predicted octanol–water partition coefficient (Wildman–Crippen LogP) is 2.03. The third-order valence-corrected chi connectivity index (χ3v) is 3.47. The lowest BCUT2D eigenvalue weighted by atomic mass is 10.2. The highest BCUT2D eigenvalue weighted by atomic mass is 79.9. The molecule has 6 nitrogen and oxygen atoms in total. The molecule has 1 atom stereocenters. The minimum absolute atomic E-state index is 0.00988. The third kappa shape index (κ3) is 2.38. The quantitative estimate of drug-likeness (QED) is 0.806. The number of nitrogens with one attached hydrogen (secondary N) is 2. The molecule has 2 aromatic rings. The first kappa shape index (κ1) is 11.8. The molecule has 1 unspecified atom stereocenters. The van der Waals surface area contributed by atoms with E-state index < -0.39 is 0 Å². The van der Waals surface area contributed by atoms with Gasteiger partial charge in [-0.05, 0) is 35.3 Å². The van der Waals surface area contributed by atoms with E-state index >= 15 is 0 Å². The fourth-order valence-electron chi connectivity index (χ4n) is 1.39. The normalized spacial score (nSPS) is 12.4. The number of aromatic amines is 1. The van der Waals surface area contributed by atoms with Crippen LogP contribution < -0.4 is 11.1 Å². The number of nitrogens with two attached hydrogens (primary N) is 1. The van der Waals surface area contributed by atoms with Gasteiger partial charge in [-0.25, -0.2) is 9.97 Å². The van der Waals surface area contributed by atoms with E-state index in [-0.39, 0.29) is 6.04 Å². The first-order valence-corrected chi connectivity index (χ1v) is 5.91. The van der Waals surface area contributed by atoms with Crippen LogP contribution >= 0.6 is 15.9 Å². The van der Waals surface area contributed by atoms with Gasteiger partial charge in [-0.15, -0.1) is 0 Å². The Hall–Kier alpha value is -1.63. The van der Waals surface area contributed by atoms with Gasteiger partial charge in [0.05, 0.1) is 22.4 Å². The van der Waals surface area contributed by atoms with Crippen molar-refractivity contribution in [1.82, 2.24) is 20.2 Å². The highest BCUT2D eigenvalue weighted by Crippen LogP contribution is 2.29. The summed E-state index contributed by atoms with van der Waals surface area (Å²) in [7, 11) is 0. The Kier molecular flexibility index (Phi) is 3.28. The van der Waals surface area contributed by atoms with E-state index in [2.05, 4.69) is 41.4 Å². The van der Waals surface area contributed by atoms with Crippen molar-refractivity contribution in [3.05, 3.63) is 28.4 Å². The Morgan fingerprint density at radius 1 is 1.47 bits per heavy atom. The number of H-pyrrole nitrogens is 1. The number of rotatable bonds is 3. The first-order chi connectivity index (χ1) is 8.09. The largest absolute Gasteiger partial charge is 0.397 e. The maximum atomic E-state index is 5.77. The van der Waals surface area contributed by atoms with Crippen LogP contribution in [0.25, 0.3) is 0 Å². The average molecular weight is 297 g/mol. The van der Waals surface area contributed by atoms with Crippen LogP contribution in [0, 0.1) is 6.92 Å². The van der Waals surface area contributed by atoms with Gasteiger partial charge < -0.3 is 11.1 Å². The summed E-state index contributed by atoms with van der Waals surface area (Å²) < 4.78 is 0.865. The van der Waals surface area contributed by atoms with Gasteiger partial charge in [-0.2, -0.15) is 5.10 Å². The van der Waals surface area contributed by atoms with Crippen LogP contribution in [0.2, 0.25) is 0 Å². The molecule has 0 saturated carbocycles. The molecule has 0 radical (unpaired) electrons. The Bertz CT molecular complexity index is 510. The van der Waals surface area contributed by atoms with Crippen LogP contribution in [-0.2, 0) is 0 Å². The minimum Gasteiger partial charge on any atom is -0.397 e. The fraction of sp³-hybridized carbons (Fsp3) is 0.300. The van der Waals surface area contributed by atoms with Crippen LogP contribution in [-0.4, -0.2) is 20.2 Å². The number of pyridine rings is 1. The van der Waals surface area contributed by atoms with Gasteiger partial charge in [-0.1, -0.05) is 0 Å².